The minimum Gasteiger partial charge on any atom is -0.355 e. The minimum atomic E-state index is -0.210. The van der Waals surface area contributed by atoms with Gasteiger partial charge < -0.3 is 16.4 Å². The van der Waals surface area contributed by atoms with Crippen LogP contribution in [0, 0.1) is 5.41 Å². The lowest BCUT2D eigenvalue weighted by Gasteiger charge is -2.40. The number of carbonyl (C=O) groups is 2. The van der Waals surface area contributed by atoms with E-state index in [1.807, 2.05) is 0 Å². The number of rotatable bonds is 5. The van der Waals surface area contributed by atoms with E-state index in [-0.39, 0.29) is 17.2 Å². The first-order chi connectivity index (χ1) is 9.60. The predicted octanol–water partition coefficient (Wildman–Crippen LogP) is 1.50. The van der Waals surface area contributed by atoms with Crippen molar-refractivity contribution in [1.29, 1.82) is 0 Å². The quantitative estimate of drug-likeness (QED) is 0.761. The van der Waals surface area contributed by atoms with E-state index in [2.05, 4.69) is 10.6 Å². The maximum absolute atomic E-state index is 12.1. The van der Waals surface area contributed by atoms with Crippen LogP contribution in [0.1, 0.15) is 36.0 Å². The molecule has 1 saturated carbocycles. The third kappa shape index (κ3) is 2.99. The Bertz CT molecular complexity index is 504. The molecule has 0 aliphatic heterocycles. The lowest BCUT2D eigenvalue weighted by Crippen LogP contribution is -2.40. The van der Waals surface area contributed by atoms with E-state index in [1.54, 1.807) is 31.3 Å². The Morgan fingerprint density at radius 3 is 2.55 bits per heavy atom. The van der Waals surface area contributed by atoms with Gasteiger partial charge in [-0.1, -0.05) is 18.6 Å². The van der Waals surface area contributed by atoms with Crippen molar-refractivity contribution < 1.29 is 9.59 Å². The SMILES string of the molecule is CNC(=O)c1ccccc1NC(=O)CC1(CN)CCC1. The second-order valence-electron chi connectivity index (χ2n) is 5.41. The molecule has 108 valence electrons. The Hall–Kier alpha value is -1.88. The van der Waals surface area contributed by atoms with Gasteiger partial charge in [0.15, 0.2) is 0 Å². The average Bonchev–Trinajstić information content (AvgIpc) is 2.42. The average molecular weight is 275 g/mol. The van der Waals surface area contributed by atoms with Gasteiger partial charge in [0.25, 0.3) is 5.91 Å². The monoisotopic (exact) mass is 275 g/mol. The molecule has 4 N–H and O–H groups in total. The predicted molar refractivity (Wildman–Crippen MR) is 78.4 cm³/mol. The summed E-state index contributed by atoms with van der Waals surface area (Å²) >= 11 is 0. The summed E-state index contributed by atoms with van der Waals surface area (Å²) in [5.41, 5.74) is 6.75. The van der Waals surface area contributed by atoms with E-state index in [0.717, 1.165) is 19.3 Å². The maximum atomic E-state index is 12.1. The van der Waals surface area contributed by atoms with Crippen LogP contribution in [0.2, 0.25) is 0 Å². The molecule has 0 unspecified atom stereocenters. The minimum absolute atomic E-state index is 0.0357. The fourth-order valence-corrected chi connectivity index (χ4v) is 2.59. The molecule has 1 aliphatic carbocycles. The van der Waals surface area contributed by atoms with Gasteiger partial charge >= 0.3 is 0 Å². The van der Waals surface area contributed by atoms with E-state index >= 15 is 0 Å². The second-order valence-corrected chi connectivity index (χ2v) is 5.41. The molecule has 0 saturated heterocycles. The zero-order chi connectivity index (χ0) is 14.6. The van der Waals surface area contributed by atoms with Gasteiger partial charge in [-0.15, -0.1) is 0 Å². The van der Waals surface area contributed by atoms with E-state index in [4.69, 9.17) is 5.73 Å². The van der Waals surface area contributed by atoms with Crippen molar-refractivity contribution in [1.82, 2.24) is 5.32 Å². The molecule has 0 bridgehead atoms. The summed E-state index contributed by atoms with van der Waals surface area (Å²) in [6.45, 7) is 0.539. The molecular formula is C15H21N3O2. The molecule has 1 aliphatic rings. The lowest BCUT2D eigenvalue weighted by molar-refractivity contribution is -0.119. The van der Waals surface area contributed by atoms with Crippen LogP contribution in [0.4, 0.5) is 5.69 Å². The van der Waals surface area contributed by atoms with Crippen LogP contribution in [-0.2, 0) is 4.79 Å². The molecule has 0 atom stereocenters. The number of benzene rings is 1. The molecule has 2 rings (SSSR count). The first-order valence-corrected chi connectivity index (χ1v) is 6.91. The van der Waals surface area contributed by atoms with E-state index in [9.17, 15) is 9.59 Å². The van der Waals surface area contributed by atoms with Gasteiger partial charge in [0.1, 0.15) is 0 Å². The van der Waals surface area contributed by atoms with Crippen molar-refractivity contribution in [3.8, 4) is 0 Å². The Morgan fingerprint density at radius 2 is 2.00 bits per heavy atom. The van der Waals surface area contributed by atoms with Gasteiger partial charge in [-0.25, -0.2) is 0 Å². The smallest absolute Gasteiger partial charge is 0.253 e. The summed E-state index contributed by atoms with van der Waals surface area (Å²) in [6, 6.07) is 6.99. The normalized spacial score (nSPS) is 16.1. The zero-order valence-electron chi connectivity index (χ0n) is 11.7. The highest BCUT2D eigenvalue weighted by Gasteiger charge is 2.37. The van der Waals surface area contributed by atoms with E-state index in [1.165, 1.54) is 0 Å². The summed E-state index contributed by atoms with van der Waals surface area (Å²) in [5.74, 6) is -0.287. The van der Waals surface area contributed by atoms with Crippen LogP contribution in [-0.4, -0.2) is 25.4 Å². The molecule has 0 aromatic heterocycles. The Balaban J connectivity index is 2.06. The Morgan fingerprint density at radius 1 is 1.30 bits per heavy atom. The molecule has 1 aromatic rings. The molecule has 0 heterocycles. The number of amides is 2. The maximum Gasteiger partial charge on any atom is 0.253 e. The third-order valence-electron chi connectivity index (χ3n) is 4.06. The van der Waals surface area contributed by atoms with E-state index in [0.29, 0.717) is 24.2 Å². The summed E-state index contributed by atoms with van der Waals surface area (Å²) < 4.78 is 0. The number of hydrogen-bond acceptors (Lipinski definition) is 3. The molecule has 5 nitrogen and oxygen atoms in total. The third-order valence-corrected chi connectivity index (χ3v) is 4.06. The van der Waals surface area contributed by atoms with Crippen LogP contribution >= 0.6 is 0 Å². The fraction of sp³-hybridized carbons (Fsp3) is 0.467. The molecule has 0 spiro atoms. The highest BCUT2D eigenvalue weighted by molar-refractivity contribution is 6.03. The number of anilines is 1. The van der Waals surface area contributed by atoms with Gasteiger partial charge in [0.05, 0.1) is 11.3 Å². The van der Waals surface area contributed by atoms with Crippen LogP contribution in [0.15, 0.2) is 24.3 Å². The molecular weight excluding hydrogens is 254 g/mol. The fourth-order valence-electron chi connectivity index (χ4n) is 2.59. The van der Waals surface area contributed by atoms with Crippen molar-refractivity contribution in [2.24, 2.45) is 11.1 Å². The van der Waals surface area contributed by atoms with Gasteiger partial charge in [-0.2, -0.15) is 0 Å². The molecule has 20 heavy (non-hydrogen) atoms. The number of para-hydroxylation sites is 1. The number of carbonyl (C=O) groups excluding carboxylic acids is 2. The van der Waals surface area contributed by atoms with Gasteiger partial charge in [0, 0.05) is 13.5 Å². The summed E-state index contributed by atoms with van der Waals surface area (Å²) in [5, 5.41) is 5.40. The highest BCUT2D eigenvalue weighted by Crippen LogP contribution is 2.43. The van der Waals surface area contributed by atoms with Crippen LogP contribution < -0.4 is 16.4 Å². The summed E-state index contributed by atoms with van der Waals surface area (Å²) in [6.07, 6.45) is 3.58. The molecule has 5 heteroatoms. The van der Waals surface area contributed by atoms with Gasteiger partial charge in [0.2, 0.25) is 5.91 Å². The van der Waals surface area contributed by atoms with E-state index < -0.39 is 0 Å². The van der Waals surface area contributed by atoms with Crippen molar-refractivity contribution in [2.45, 2.75) is 25.7 Å². The standard InChI is InChI=1S/C15H21N3O2/c1-17-14(20)11-5-2-3-6-12(11)18-13(19)9-15(10-16)7-4-8-15/h2-3,5-6H,4,7-10,16H2,1H3,(H,17,20)(H,18,19). The lowest BCUT2D eigenvalue weighted by atomic mass is 9.66. The Labute approximate surface area is 118 Å². The summed E-state index contributed by atoms with van der Waals surface area (Å²) in [4.78, 5) is 23.9. The van der Waals surface area contributed by atoms with Gasteiger partial charge in [-0.05, 0) is 36.9 Å². The number of hydrogen-bond donors (Lipinski definition) is 3. The number of nitrogens with one attached hydrogen (secondary N) is 2. The Kier molecular flexibility index (Phi) is 4.39. The van der Waals surface area contributed by atoms with Gasteiger partial charge in [-0.3, -0.25) is 9.59 Å². The van der Waals surface area contributed by atoms with Crippen LogP contribution in [0.5, 0.6) is 0 Å². The zero-order valence-corrected chi connectivity index (χ0v) is 11.7. The highest BCUT2D eigenvalue weighted by atomic mass is 16.2. The van der Waals surface area contributed by atoms with Crippen molar-refractivity contribution in [3.63, 3.8) is 0 Å². The van der Waals surface area contributed by atoms with Crippen molar-refractivity contribution in [2.75, 3.05) is 18.9 Å². The first kappa shape index (κ1) is 14.5. The van der Waals surface area contributed by atoms with Crippen molar-refractivity contribution >= 4 is 17.5 Å². The molecule has 0 radical (unpaired) electrons. The molecule has 2 amide bonds. The second kappa shape index (κ2) is 6.05. The first-order valence-electron chi connectivity index (χ1n) is 6.91. The molecule has 1 fully saturated rings. The number of nitrogens with two attached hydrogens (primary N) is 1. The topological polar surface area (TPSA) is 84.2 Å². The van der Waals surface area contributed by atoms with Crippen molar-refractivity contribution in [3.05, 3.63) is 29.8 Å². The van der Waals surface area contributed by atoms with Crippen LogP contribution in [0.3, 0.4) is 0 Å². The summed E-state index contributed by atoms with van der Waals surface area (Å²) in [7, 11) is 1.57. The largest absolute Gasteiger partial charge is 0.355 e. The molecule has 1 aromatic carbocycles. The van der Waals surface area contributed by atoms with Crippen LogP contribution in [0.25, 0.3) is 0 Å².